The van der Waals surface area contributed by atoms with Crippen molar-refractivity contribution >= 4 is 6.08 Å². The van der Waals surface area contributed by atoms with Crippen molar-refractivity contribution in [3.63, 3.8) is 0 Å². The molecule has 0 aliphatic rings. The summed E-state index contributed by atoms with van der Waals surface area (Å²) in [6, 6.07) is 6.30. The minimum absolute atomic E-state index is 0.169. The van der Waals surface area contributed by atoms with Crippen molar-refractivity contribution < 1.29 is 4.74 Å². The van der Waals surface area contributed by atoms with Crippen LogP contribution in [0.4, 0.5) is 0 Å². The molecule has 0 aliphatic heterocycles. The highest BCUT2D eigenvalue weighted by Crippen LogP contribution is 2.34. The molecule has 0 N–H and O–H groups in total. The van der Waals surface area contributed by atoms with E-state index in [0.29, 0.717) is 0 Å². The molecule has 0 aromatic heterocycles. The summed E-state index contributed by atoms with van der Waals surface area (Å²) < 4.78 is 6.31. The van der Waals surface area contributed by atoms with E-state index in [0.717, 1.165) is 24.2 Å². The fraction of sp³-hybridized carbons (Fsp3) is 0.526. The maximum absolute atomic E-state index is 6.31. The van der Waals surface area contributed by atoms with Gasteiger partial charge in [-0.15, -0.1) is 5.73 Å². The van der Waals surface area contributed by atoms with Crippen LogP contribution in [-0.2, 0) is 6.42 Å². The Morgan fingerprint density at radius 1 is 1.20 bits per heavy atom. The third-order valence-electron chi connectivity index (χ3n) is 3.34. The predicted octanol–water partition coefficient (Wildman–Crippen LogP) is 5.64. The molecule has 0 fully saturated rings. The van der Waals surface area contributed by atoms with Crippen LogP contribution in [0.15, 0.2) is 30.5 Å². The van der Waals surface area contributed by atoms with Crippen LogP contribution in [0, 0.1) is 5.41 Å². The van der Waals surface area contributed by atoms with Crippen LogP contribution < -0.4 is 4.74 Å². The van der Waals surface area contributed by atoms with Gasteiger partial charge in [0.15, 0.2) is 0 Å². The molecule has 1 heteroatoms. The fourth-order valence-electron chi connectivity index (χ4n) is 2.01. The molecule has 0 spiro atoms. The quantitative estimate of drug-likeness (QED) is 0.630. The van der Waals surface area contributed by atoms with E-state index in [-0.39, 0.29) is 11.0 Å². The summed E-state index contributed by atoms with van der Waals surface area (Å²) in [6.07, 6.45) is 3.85. The molecule has 110 valence electrons. The van der Waals surface area contributed by atoms with E-state index >= 15 is 0 Å². The molecular weight excluding hydrogens is 244 g/mol. The van der Waals surface area contributed by atoms with Crippen molar-refractivity contribution in [3.8, 4) is 5.75 Å². The summed E-state index contributed by atoms with van der Waals surface area (Å²) in [5.74, 6) is 0.977. The van der Waals surface area contributed by atoms with Gasteiger partial charge in [0.2, 0.25) is 0 Å². The highest BCUT2D eigenvalue weighted by molar-refractivity contribution is 5.59. The van der Waals surface area contributed by atoms with Crippen molar-refractivity contribution in [1.29, 1.82) is 0 Å². The summed E-state index contributed by atoms with van der Waals surface area (Å²) in [6.45, 7) is 16.8. The zero-order chi connectivity index (χ0) is 15.4. The Balaban J connectivity index is 3.30. The summed E-state index contributed by atoms with van der Waals surface area (Å²) in [5, 5.41) is 0. The molecule has 1 nitrogen and oxygen atoms in total. The molecule has 0 saturated heterocycles. The first-order valence-electron chi connectivity index (χ1n) is 7.35. The van der Waals surface area contributed by atoms with Crippen molar-refractivity contribution in [2.24, 2.45) is 5.41 Å². The van der Waals surface area contributed by atoms with Crippen LogP contribution in [0.25, 0.3) is 6.08 Å². The zero-order valence-electron chi connectivity index (χ0n) is 13.8. The van der Waals surface area contributed by atoms with Crippen LogP contribution in [0.2, 0.25) is 0 Å². The van der Waals surface area contributed by atoms with Crippen LogP contribution in [0.5, 0.6) is 5.75 Å². The Morgan fingerprint density at radius 3 is 2.35 bits per heavy atom. The molecule has 1 rings (SSSR count). The van der Waals surface area contributed by atoms with Crippen LogP contribution in [0.1, 0.15) is 59.1 Å². The van der Waals surface area contributed by atoms with Crippen molar-refractivity contribution in [1.82, 2.24) is 0 Å². The van der Waals surface area contributed by atoms with Gasteiger partial charge >= 0.3 is 0 Å². The normalized spacial score (nSPS) is 11.9. The van der Waals surface area contributed by atoms with Gasteiger partial charge in [0.1, 0.15) is 11.4 Å². The van der Waals surface area contributed by atoms with Gasteiger partial charge in [-0.25, -0.2) is 0 Å². The molecule has 0 atom stereocenters. The molecule has 20 heavy (non-hydrogen) atoms. The van der Waals surface area contributed by atoms with Gasteiger partial charge in [-0.3, -0.25) is 0 Å². The maximum atomic E-state index is 6.31. The van der Waals surface area contributed by atoms with Gasteiger partial charge < -0.3 is 4.74 Å². The summed E-state index contributed by atoms with van der Waals surface area (Å²) >= 11 is 0. The monoisotopic (exact) mass is 272 g/mol. The first kappa shape index (κ1) is 16.6. The van der Waals surface area contributed by atoms with E-state index < -0.39 is 0 Å². The van der Waals surface area contributed by atoms with E-state index in [1.54, 1.807) is 0 Å². The molecule has 0 unspecified atom stereocenters. The first-order valence-corrected chi connectivity index (χ1v) is 7.35. The summed E-state index contributed by atoms with van der Waals surface area (Å²) in [5.41, 5.74) is 5.23. The van der Waals surface area contributed by atoms with Gasteiger partial charge in [-0.2, -0.15) is 0 Å². The Labute approximate surface area is 124 Å². The average Bonchev–Trinajstić information content (AvgIpc) is 2.31. The number of para-hydroxylation sites is 1. The molecule has 0 heterocycles. The maximum Gasteiger partial charge on any atom is 0.131 e. The molecule has 1 aromatic rings. The largest absolute Gasteiger partial charge is 0.487 e. The van der Waals surface area contributed by atoms with Gasteiger partial charge in [0.05, 0.1) is 0 Å². The highest BCUT2D eigenvalue weighted by Gasteiger charge is 2.22. The van der Waals surface area contributed by atoms with Gasteiger partial charge in [-0.1, -0.05) is 52.5 Å². The minimum atomic E-state index is -0.169. The minimum Gasteiger partial charge on any atom is -0.487 e. The Morgan fingerprint density at radius 2 is 1.85 bits per heavy atom. The predicted molar refractivity (Wildman–Crippen MR) is 88.2 cm³/mol. The number of rotatable bonds is 5. The van der Waals surface area contributed by atoms with E-state index in [9.17, 15) is 0 Å². The fourth-order valence-corrected chi connectivity index (χ4v) is 2.01. The van der Waals surface area contributed by atoms with Gasteiger partial charge in [-0.05, 0) is 43.7 Å². The third-order valence-corrected chi connectivity index (χ3v) is 3.34. The molecule has 0 radical (unpaired) electrons. The Hall–Kier alpha value is -1.46. The van der Waals surface area contributed by atoms with E-state index in [4.69, 9.17) is 4.74 Å². The molecule has 0 saturated carbocycles. The smallest absolute Gasteiger partial charge is 0.131 e. The summed E-state index contributed by atoms with van der Waals surface area (Å²) in [7, 11) is 0. The number of ether oxygens (including phenoxy) is 1. The SMILES string of the molecule is C=C=Cc1cccc(CC(C)(C)C)c1OC(C)(C)CC. The van der Waals surface area contributed by atoms with Crippen molar-refractivity contribution in [3.05, 3.63) is 41.6 Å². The molecule has 0 bridgehead atoms. The molecule has 1 aromatic carbocycles. The number of hydrogen-bond donors (Lipinski definition) is 0. The lowest BCUT2D eigenvalue weighted by Gasteiger charge is -2.29. The number of hydrogen-bond acceptors (Lipinski definition) is 1. The van der Waals surface area contributed by atoms with Crippen molar-refractivity contribution in [2.45, 2.75) is 60.0 Å². The second-order valence-corrected chi connectivity index (χ2v) is 7.14. The standard InChI is InChI=1S/C19H28O/c1-8-11-15-12-10-13-16(14-18(3,4)5)17(15)20-19(6,7)9-2/h10-13H,1,9,14H2,2-7H3. The lowest BCUT2D eigenvalue weighted by Crippen LogP contribution is -2.28. The third kappa shape index (κ3) is 4.90. The van der Waals surface area contributed by atoms with Crippen molar-refractivity contribution in [2.75, 3.05) is 0 Å². The molecule has 0 aliphatic carbocycles. The number of benzene rings is 1. The first-order chi connectivity index (χ1) is 9.18. The lowest BCUT2D eigenvalue weighted by molar-refractivity contribution is 0.103. The average molecular weight is 272 g/mol. The van der Waals surface area contributed by atoms with Crippen LogP contribution >= 0.6 is 0 Å². The van der Waals surface area contributed by atoms with E-state index in [1.165, 1.54) is 5.56 Å². The van der Waals surface area contributed by atoms with E-state index in [1.807, 2.05) is 6.08 Å². The highest BCUT2D eigenvalue weighted by atomic mass is 16.5. The zero-order valence-corrected chi connectivity index (χ0v) is 13.8. The van der Waals surface area contributed by atoms with Crippen LogP contribution in [-0.4, -0.2) is 5.60 Å². The molecular formula is C19H28O. The van der Waals surface area contributed by atoms with E-state index in [2.05, 4.69) is 72.1 Å². The van der Waals surface area contributed by atoms with Crippen LogP contribution in [0.3, 0.4) is 0 Å². The Kier molecular flexibility index (Phi) is 5.25. The Bertz CT molecular complexity index is 497. The second-order valence-electron chi connectivity index (χ2n) is 7.14. The topological polar surface area (TPSA) is 9.23 Å². The summed E-state index contributed by atoms with van der Waals surface area (Å²) in [4.78, 5) is 0. The molecule has 0 amide bonds. The lowest BCUT2D eigenvalue weighted by atomic mass is 9.87. The second kappa shape index (κ2) is 6.33. The van der Waals surface area contributed by atoms with Gasteiger partial charge in [0.25, 0.3) is 0 Å². The van der Waals surface area contributed by atoms with Gasteiger partial charge in [0, 0.05) is 5.56 Å².